The van der Waals surface area contributed by atoms with E-state index in [-0.39, 0.29) is 18.2 Å². The Balaban J connectivity index is 1.74. The number of rotatable bonds is 5. The standard InChI is InChI=1S/C20H19Cl2N3O3S/c1-3-28-16-6-4-5-15(10-16)25-18(26)11-17(19(25)27)29-20(23-2)24-14-8-12(21)7-13(22)9-14/h4-10,17H,3,11H2,1-2H3,(H,23,24)/t17-/m1/s1. The van der Waals surface area contributed by atoms with Gasteiger partial charge in [0.1, 0.15) is 11.0 Å². The van der Waals surface area contributed by atoms with Crippen LogP contribution in [-0.4, -0.2) is 35.9 Å². The van der Waals surface area contributed by atoms with E-state index < -0.39 is 5.25 Å². The smallest absolute Gasteiger partial charge is 0.247 e. The molecule has 1 heterocycles. The second-order valence-corrected chi connectivity index (χ2v) is 8.18. The summed E-state index contributed by atoms with van der Waals surface area (Å²) in [5.74, 6) is 0.0557. The van der Waals surface area contributed by atoms with Crippen molar-refractivity contribution in [2.75, 3.05) is 23.9 Å². The molecule has 9 heteroatoms. The zero-order chi connectivity index (χ0) is 21.0. The van der Waals surface area contributed by atoms with Crippen LogP contribution in [0.4, 0.5) is 11.4 Å². The fraction of sp³-hybridized carbons (Fsp3) is 0.250. The Morgan fingerprint density at radius 1 is 1.24 bits per heavy atom. The lowest BCUT2D eigenvalue weighted by Gasteiger charge is -2.16. The number of carbonyl (C=O) groups is 2. The summed E-state index contributed by atoms with van der Waals surface area (Å²) in [7, 11) is 1.60. The van der Waals surface area contributed by atoms with Crippen LogP contribution >= 0.6 is 35.0 Å². The Bertz CT molecular complexity index is 947. The molecule has 0 spiro atoms. The lowest BCUT2D eigenvalue weighted by atomic mass is 10.3. The lowest BCUT2D eigenvalue weighted by Crippen LogP contribution is -2.31. The first-order valence-corrected chi connectivity index (χ1v) is 10.5. The number of halogens is 2. The van der Waals surface area contributed by atoms with E-state index >= 15 is 0 Å². The average molecular weight is 452 g/mol. The fourth-order valence-electron chi connectivity index (χ4n) is 2.87. The lowest BCUT2D eigenvalue weighted by molar-refractivity contribution is -0.121. The van der Waals surface area contributed by atoms with E-state index in [4.69, 9.17) is 27.9 Å². The molecule has 1 aliphatic heterocycles. The number of ether oxygens (including phenoxy) is 1. The molecule has 1 saturated heterocycles. The summed E-state index contributed by atoms with van der Waals surface area (Å²) >= 11 is 13.2. The summed E-state index contributed by atoms with van der Waals surface area (Å²) < 4.78 is 5.47. The van der Waals surface area contributed by atoms with Gasteiger partial charge in [-0.05, 0) is 37.3 Å². The summed E-state index contributed by atoms with van der Waals surface area (Å²) in [6, 6.07) is 12.0. The second-order valence-electron chi connectivity index (χ2n) is 6.12. The van der Waals surface area contributed by atoms with Gasteiger partial charge in [-0.15, -0.1) is 0 Å². The first kappa shape index (κ1) is 21.5. The number of hydrogen-bond donors (Lipinski definition) is 1. The van der Waals surface area contributed by atoms with Crippen molar-refractivity contribution in [2.24, 2.45) is 4.99 Å². The number of imide groups is 1. The number of amidine groups is 1. The van der Waals surface area contributed by atoms with Gasteiger partial charge in [0, 0.05) is 35.3 Å². The number of nitrogens with one attached hydrogen (secondary N) is 1. The zero-order valence-corrected chi connectivity index (χ0v) is 18.1. The number of amides is 2. The molecule has 3 rings (SSSR count). The number of thioether (sulfide) groups is 1. The van der Waals surface area contributed by atoms with Crippen molar-refractivity contribution in [3.05, 3.63) is 52.5 Å². The Labute approximate surface area is 183 Å². The van der Waals surface area contributed by atoms with E-state index in [1.54, 1.807) is 49.5 Å². The van der Waals surface area contributed by atoms with Crippen molar-refractivity contribution in [1.82, 2.24) is 0 Å². The van der Waals surface area contributed by atoms with E-state index in [2.05, 4.69) is 10.3 Å². The highest BCUT2D eigenvalue weighted by atomic mass is 35.5. The van der Waals surface area contributed by atoms with Gasteiger partial charge in [0.05, 0.1) is 12.3 Å². The quantitative estimate of drug-likeness (QED) is 0.399. The van der Waals surface area contributed by atoms with Gasteiger partial charge in [-0.3, -0.25) is 14.6 Å². The third-order valence-electron chi connectivity index (χ3n) is 4.06. The zero-order valence-electron chi connectivity index (χ0n) is 15.8. The average Bonchev–Trinajstić information content (AvgIpc) is 2.94. The molecular formula is C20H19Cl2N3O3S. The fourth-order valence-corrected chi connectivity index (χ4v) is 4.38. The third-order valence-corrected chi connectivity index (χ3v) is 5.66. The first-order chi connectivity index (χ1) is 13.9. The molecule has 0 radical (unpaired) electrons. The number of aliphatic imine (C=N–C) groups is 1. The van der Waals surface area contributed by atoms with Crippen molar-refractivity contribution in [3.63, 3.8) is 0 Å². The molecule has 0 bridgehead atoms. The molecule has 0 aromatic heterocycles. The maximum atomic E-state index is 12.9. The minimum atomic E-state index is -0.584. The van der Waals surface area contributed by atoms with Gasteiger partial charge in [-0.2, -0.15) is 0 Å². The van der Waals surface area contributed by atoms with Crippen molar-refractivity contribution in [3.8, 4) is 5.75 Å². The molecule has 29 heavy (non-hydrogen) atoms. The van der Waals surface area contributed by atoms with Gasteiger partial charge in [-0.1, -0.05) is 41.0 Å². The van der Waals surface area contributed by atoms with Crippen molar-refractivity contribution < 1.29 is 14.3 Å². The van der Waals surface area contributed by atoms with Gasteiger partial charge in [0.2, 0.25) is 11.8 Å². The molecule has 2 amide bonds. The predicted molar refractivity (Wildman–Crippen MR) is 120 cm³/mol. The van der Waals surface area contributed by atoms with Crippen molar-refractivity contribution in [2.45, 2.75) is 18.6 Å². The van der Waals surface area contributed by atoms with Crippen LogP contribution < -0.4 is 15.0 Å². The Morgan fingerprint density at radius 2 is 1.97 bits per heavy atom. The molecule has 0 aliphatic carbocycles. The molecule has 1 N–H and O–H groups in total. The minimum Gasteiger partial charge on any atom is -0.494 e. The summed E-state index contributed by atoms with van der Waals surface area (Å²) in [6.45, 7) is 2.37. The van der Waals surface area contributed by atoms with Crippen LogP contribution in [0.2, 0.25) is 10.0 Å². The highest BCUT2D eigenvalue weighted by Crippen LogP contribution is 2.32. The molecule has 1 fully saturated rings. The van der Waals surface area contributed by atoms with Crippen LogP contribution in [0.25, 0.3) is 0 Å². The Hall–Kier alpha value is -2.22. The van der Waals surface area contributed by atoms with Crippen LogP contribution in [-0.2, 0) is 9.59 Å². The van der Waals surface area contributed by atoms with Crippen molar-refractivity contribution in [1.29, 1.82) is 0 Å². The molecule has 1 atom stereocenters. The van der Waals surface area contributed by atoms with Crippen LogP contribution in [0.5, 0.6) is 5.75 Å². The summed E-state index contributed by atoms with van der Waals surface area (Å²) in [6.07, 6.45) is 0.0827. The molecule has 1 aliphatic rings. The summed E-state index contributed by atoms with van der Waals surface area (Å²) in [5.41, 5.74) is 1.15. The number of anilines is 2. The number of hydrogen-bond acceptors (Lipinski definition) is 5. The number of carbonyl (C=O) groups excluding carboxylic acids is 2. The monoisotopic (exact) mass is 451 g/mol. The van der Waals surface area contributed by atoms with Gasteiger partial charge in [-0.25, -0.2) is 4.90 Å². The van der Waals surface area contributed by atoms with Gasteiger partial charge in [0.25, 0.3) is 0 Å². The highest BCUT2D eigenvalue weighted by Gasteiger charge is 2.41. The van der Waals surface area contributed by atoms with E-state index in [1.807, 2.05) is 6.92 Å². The minimum absolute atomic E-state index is 0.0827. The normalized spacial score (nSPS) is 17.0. The Kier molecular flexibility index (Phi) is 7.05. The Morgan fingerprint density at radius 3 is 2.62 bits per heavy atom. The molecular weight excluding hydrogens is 433 g/mol. The molecule has 2 aromatic carbocycles. The van der Waals surface area contributed by atoms with E-state index in [9.17, 15) is 9.59 Å². The highest BCUT2D eigenvalue weighted by molar-refractivity contribution is 8.15. The molecule has 2 aromatic rings. The van der Waals surface area contributed by atoms with E-state index in [0.717, 1.165) is 0 Å². The van der Waals surface area contributed by atoms with Crippen LogP contribution in [0, 0.1) is 0 Å². The first-order valence-electron chi connectivity index (χ1n) is 8.87. The van der Waals surface area contributed by atoms with Crippen LogP contribution in [0.15, 0.2) is 47.5 Å². The molecule has 0 unspecified atom stereocenters. The van der Waals surface area contributed by atoms with E-state index in [1.165, 1.54) is 16.7 Å². The largest absolute Gasteiger partial charge is 0.494 e. The summed E-state index contributed by atoms with van der Waals surface area (Å²) in [5, 5.41) is 3.96. The molecule has 6 nitrogen and oxygen atoms in total. The second kappa shape index (κ2) is 9.52. The number of benzene rings is 2. The maximum absolute atomic E-state index is 12.9. The molecule has 0 saturated carbocycles. The van der Waals surface area contributed by atoms with Crippen LogP contribution in [0.1, 0.15) is 13.3 Å². The van der Waals surface area contributed by atoms with E-state index in [0.29, 0.717) is 38.9 Å². The van der Waals surface area contributed by atoms with Gasteiger partial charge >= 0.3 is 0 Å². The van der Waals surface area contributed by atoms with Crippen molar-refractivity contribution >= 4 is 63.3 Å². The predicted octanol–water partition coefficient (Wildman–Crippen LogP) is 4.86. The molecule has 152 valence electrons. The topological polar surface area (TPSA) is 71.0 Å². The SMILES string of the molecule is CCOc1cccc(N2C(=O)C[C@@H](SC(=NC)Nc3cc(Cl)cc(Cl)c3)C2=O)c1. The van der Waals surface area contributed by atoms with Gasteiger partial charge < -0.3 is 10.1 Å². The van der Waals surface area contributed by atoms with Crippen LogP contribution in [0.3, 0.4) is 0 Å². The number of nitrogens with zero attached hydrogens (tertiary/aromatic N) is 2. The summed E-state index contributed by atoms with van der Waals surface area (Å²) in [4.78, 5) is 30.8. The maximum Gasteiger partial charge on any atom is 0.247 e. The third kappa shape index (κ3) is 5.23. The van der Waals surface area contributed by atoms with Gasteiger partial charge in [0.15, 0.2) is 5.17 Å².